The Hall–Kier alpha value is -2.36. The molecule has 1 aliphatic rings. The van der Waals surface area contributed by atoms with Crippen LogP contribution in [0.25, 0.3) is 0 Å². The third-order valence-electron chi connectivity index (χ3n) is 4.61. The molecule has 2 aromatic carbocycles. The predicted octanol–water partition coefficient (Wildman–Crippen LogP) is 2.62. The van der Waals surface area contributed by atoms with E-state index < -0.39 is 15.3 Å². The highest BCUT2D eigenvalue weighted by molar-refractivity contribution is 8.01. The summed E-state index contributed by atoms with van der Waals surface area (Å²) in [5.41, 5.74) is 1.54. The van der Waals surface area contributed by atoms with E-state index in [1.165, 1.54) is 38.0 Å². The zero-order chi connectivity index (χ0) is 21.2. The number of amides is 2. The van der Waals surface area contributed by atoms with Crippen LogP contribution in [-0.4, -0.2) is 43.9 Å². The van der Waals surface area contributed by atoms with Gasteiger partial charge in [0.15, 0.2) is 0 Å². The summed E-state index contributed by atoms with van der Waals surface area (Å²) >= 11 is 1.38. The molecule has 2 atom stereocenters. The number of fused-ring (bicyclic) bond motifs is 1. The van der Waals surface area contributed by atoms with E-state index in [0.717, 1.165) is 20.5 Å². The van der Waals surface area contributed by atoms with E-state index in [9.17, 15) is 18.0 Å². The summed E-state index contributed by atoms with van der Waals surface area (Å²) in [6, 6.07) is 13.6. The van der Waals surface area contributed by atoms with Crippen molar-refractivity contribution in [2.24, 2.45) is 0 Å². The van der Waals surface area contributed by atoms with Gasteiger partial charge in [-0.05, 0) is 36.8 Å². The molecule has 2 unspecified atom stereocenters. The largest absolute Gasteiger partial charge is 0.350 e. The molecule has 9 heteroatoms. The Bertz CT molecular complexity index is 1020. The Morgan fingerprint density at radius 3 is 2.48 bits per heavy atom. The monoisotopic (exact) mass is 433 g/mol. The lowest BCUT2D eigenvalue weighted by atomic mass is 10.1. The van der Waals surface area contributed by atoms with Crippen LogP contribution in [0.4, 0.5) is 5.69 Å². The van der Waals surface area contributed by atoms with Gasteiger partial charge < -0.3 is 10.6 Å². The summed E-state index contributed by atoms with van der Waals surface area (Å²) in [5, 5.41) is 5.21. The number of hydrogen-bond acceptors (Lipinski definition) is 5. The molecule has 29 heavy (non-hydrogen) atoms. The van der Waals surface area contributed by atoms with Crippen LogP contribution in [-0.2, 0) is 19.6 Å². The fourth-order valence-corrected chi connectivity index (χ4v) is 4.93. The Balaban J connectivity index is 1.62. The third-order valence-corrected chi connectivity index (χ3v) is 7.72. The van der Waals surface area contributed by atoms with Crippen LogP contribution in [0.15, 0.2) is 58.3 Å². The molecule has 0 fully saturated rings. The fraction of sp³-hybridized carbons (Fsp3) is 0.300. The molecule has 0 aromatic heterocycles. The van der Waals surface area contributed by atoms with Gasteiger partial charge in [-0.25, -0.2) is 12.7 Å². The lowest BCUT2D eigenvalue weighted by Crippen LogP contribution is -2.35. The first-order chi connectivity index (χ1) is 13.7. The van der Waals surface area contributed by atoms with Gasteiger partial charge in [-0.15, -0.1) is 11.8 Å². The number of anilines is 1. The summed E-state index contributed by atoms with van der Waals surface area (Å²) in [6.07, 6.45) is 0.0578. The van der Waals surface area contributed by atoms with E-state index in [0.29, 0.717) is 0 Å². The second kappa shape index (κ2) is 8.56. The maximum atomic E-state index is 12.5. The number of carbonyl (C=O) groups is 2. The molecule has 2 aromatic rings. The molecule has 0 bridgehead atoms. The van der Waals surface area contributed by atoms with Gasteiger partial charge in [0, 0.05) is 25.4 Å². The highest BCUT2D eigenvalue weighted by atomic mass is 32.2. The molecule has 1 aliphatic heterocycles. The Labute approximate surface area is 174 Å². The second-order valence-electron chi connectivity index (χ2n) is 6.94. The van der Waals surface area contributed by atoms with E-state index in [4.69, 9.17) is 0 Å². The average molecular weight is 434 g/mol. The molecular weight excluding hydrogens is 410 g/mol. The number of nitrogens with one attached hydrogen (secondary N) is 2. The lowest BCUT2D eigenvalue weighted by molar-refractivity contribution is -0.124. The Kier molecular flexibility index (Phi) is 6.30. The summed E-state index contributed by atoms with van der Waals surface area (Å²) in [7, 11) is -0.541. The maximum Gasteiger partial charge on any atom is 0.242 e. The molecule has 7 nitrogen and oxygen atoms in total. The van der Waals surface area contributed by atoms with E-state index in [1.807, 2.05) is 31.2 Å². The maximum absolute atomic E-state index is 12.5. The molecule has 0 saturated carbocycles. The second-order valence-corrected chi connectivity index (χ2v) is 10.3. The highest BCUT2D eigenvalue weighted by Crippen LogP contribution is 2.36. The first-order valence-corrected chi connectivity index (χ1v) is 11.4. The van der Waals surface area contributed by atoms with Crippen molar-refractivity contribution in [3.05, 3.63) is 54.1 Å². The number of benzene rings is 2. The molecule has 0 radical (unpaired) electrons. The first kappa shape index (κ1) is 21.4. The molecule has 2 N–H and O–H groups in total. The van der Waals surface area contributed by atoms with Crippen LogP contribution >= 0.6 is 11.8 Å². The van der Waals surface area contributed by atoms with Crippen LogP contribution in [0.2, 0.25) is 0 Å². The van der Waals surface area contributed by atoms with E-state index in [1.54, 1.807) is 12.1 Å². The Morgan fingerprint density at radius 2 is 1.83 bits per heavy atom. The van der Waals surface area contributed by atoms with Crippen LogP contribution in [0.1, 0.15) is 24.9 Å². The normalized spacial score (nSPS) is 17.4. The minimum absolute atomic E-state index is 0.0578. The van der Waals surface area contributed by atoms with Crippen LogP contribution in [0.3, 0.4) is 0 Å². The molecule has 1 heterocycles. The molecule has 2 amide bonds. The SMILES string of the molecule is CC(NC(=O)CC1Sc2ccccc2NC1=O)c1ccc(S(=O)(=O)N(C)C)cc1. The predicted molar refractivity (Wildman–Crippen MR) is 113 cm³/mol. The Morgan fingerprint density at radius 1 is 1.17 bits per heavy atom. The summed E-state index contributed by atoms with van der Waals surface area (Å²) < 4.78 is 25.4. The zero-order valence-corrected chi connectivity index (χ0v) is 18.0. The first-order valence-electron chi connectivity index (χ1n) is 9.07. The van der Waals surface area contributed by atoms with Crippen molar-refractivity contribution in [1.82, 2.24) is 9.62 Å². The molecular formula is C20H23N3O4S2. The van der Waals surface area contributed by atoms with Crippen molar-refractivity contribution >= 4 is 39.3 Å². The topological polar surface area (TPSA) is 95.6 Å². The van der Waals surface area contributed by atoms with Gasteiger partial charge in [-0.3, -0.25) is 9.59 Å². The number of sulfonamides is 1. The average Bonchev–Trinajstić information content (AvgIpc) is 2.68. The standard InChI is InChI=1S/C20H23N3O4S2/c1-13(14-8-10-15(11-9-14)29(26,27)23(2)3)21-19(24)12-18-20(25)22-16-6-4-5-7-17(16)28-18/h4-11,13,18H,12H2,1-3H3,(H,21,24)(H,22,25). The zero-order valence-electron chi connectivity index (χ0n) is 16.4. The van der Waals surface area contributed by atoms with Gasteiger partial charge >= 0.3 is 0 Å². The van der Waals surface area contributed by atoms with Crippen molar-refractivity contribution in [3.63, 3.8) is 0 Å². The van der Waals surface area contributed by atoms with Gasteiger partial charge in [0.1, 0.15) is 0 Å². The number of rotatable bonds is 6. The summed E-state index contributed by atoms with van der Waals surface area (Å²) in [4.78, 5) is 25.9. The molecule has 0 saturated heterocycles. The van der Waals surface area contributed by atoms with E-state index in [2.05, 4.69) is 10.6 Å². The lowest BCUT2D eigenvalue weighted by Gasteiger charge is -2.24. The van der Waals surface area contributed by atoms with Crippen molar-refractivity contribution in [3.8, 4) is 0 Å². The molecule has 3 rings (SSSR count). The van der Waals surface area contributed by atoms with Gasteiger partial charge in [0.05, 0.1) is 21.9 Å². The van der Waals surface area contributed by atoms with Gasteiger partial charge in [-0.1, -0.05) is 24.3 Å². The highest BCUT2D eigenvalue weighted by Gasteiger charge is 2.29. The molecule has 154 valence electrons. The quantitative estimate of drug-likeness (QED) is 0.730. The molecule has 0 spiro atoms. The van der Waals surface area contributed by atoms with Crippen molar-refractivity contribution < 1.29 is 18.0 Å². The number of nitrogens with zero attached hydrogens (tertiary/aromatic N) is 1. The molecule has 0 aliphatic carbocycles. The van der Waals surface area contributed by atoms with Crippen molar-refractivity contribution in [2.45, 2.75) is 34.4 Å². The van der Waals surface area contributed by atoms with Gasteiger partial charge in [-0.2, -0.15) is 0 Å². The minimum atomic E-state index is -3.49. The number of hydrogen-bond donors (Lipinski definition) is 2. The van der Waals surface area contributed by atoms with Crippen LogP contribution in [0, 0.1) is 0 Å². The minimum Gasteiger partial charge on any atom is -0.350 e. The number of carbonyl (C=O) groups excluding carboxylic acids is 2. The van der Waals surface area contributed by atoms with E-state index in [-0.39, 0.29) is 29.2 Å². The third kappa shape index (κ3) is 4.80. The van der Waals surface area contributed by atoms with Crippen LogP contribution < -0.4 is 10.6 Å². The summed E-state index contributed by atoms with van der Waals surface area (Å²) in [6.45, 7) is 1.82. The van der Waals surface area contributed by atoms with Gasteiger partial charge in [0.2, 0.25) is 21.8 Å². The van der Waals surface area contributed by atoms with Crippen molar-refractivity contribution in [2.75, 3.05) is 19.4 Å². The summed E-state index contributed by atoms with van der Waals surface area (Å²) in [5.74, 6) is -0.427. The fourth-order valence-electron chi connectivity index (χ4n) is 2.92. The smallest absolute Gasteiger partial charge is 0.242 e. The van der Waals surface area contributed by atoms with Crippen LogP contribution in [0.5, 0.6) is 0 Å². The van der Waals surface area contributed by atoms with Gasteiger partial charge in [0.25, 0.3) is 0 Å². The number of thioether (sulfide) groups is 1. The van der Waals surface area contributed by atoms with E-state index >= 15 is 0 Å². The van der Waals surface area contributed by atoms with Crippen molar-refractivity contribution in [1.29, 1.82) is 0 Å². The number of para-hydroxylation sites is 1.